The highest BCUT2D eigenvalue weighted by Crippen LogP contribution is 2.40. The van der Waals surface area contributed by atoms with Gasteiger partial charge in [-0.1, -0.05) is 0 Å². The summed E-state index contributed by atoms with van der Waals surface area (Å²) in [7, 11) is 2.67. The Bertz CT molecular complexity index is 1290. The molecule has 34 heavy (non-hydrogen) atoms. The number of methoxy groups -OCH3 is 1. The van der Waals surface area contributed by atoms with Crippen LogP contribution in [0.15, 0.2) is 30.7 Å². The molecule has 4 rings (SSSR count). The molecule has 3 heterocycles. The van der Waals surface area contributed by atoms with E-state index in [0.29, 0.717) is 16.4 Å². The molecule has 0 bridgehead atoms. The third kappa shape index (κ3) is 4.12. The number of imidazole rings is 1. The van der Waals surface area contributed by atoms with Crippen LogP contribution in [0.2, 0.25) is 0 Å². The van der Waals surface area contributed by atoms with Crippen LogP contribution in [0.5, 0.6) is 5.88 Å². The summed E-state index contributed by atoms with van der Waals surface area (Å²) in [6.45, 7) is 0.127. The number of hydrogen-bond acceptors (Lipinski definition) is 6. The fourth-order valence-corrected chi connectivity index (χ4v) is 4.70. The first-order chi connectivity index (χ1) is 16.3. The largest absolute Gasteiger partial charge is 0.755 e. The molecule has 0 fully saturated rings. The fraction of sp³-hybridized carbons (Fsp3) is 0.286. The minimum Gasteiger partial charge on any atom is -0.755 e. The second-order valence-electron chi connectivity index (χ2n) is 7.49. The zero-order chi connectivity index (χ0) is 24.6. The number of ether oxygens (including phenoxy) is 1. The molecular weight excluding hydrogens is 475 g/mol. The minimum atomic E-state index is -3.12. The van der Waals surface area contributed by atoms with E-state index >= 15 is 4.39 Å². The highest BCUT2D eigenvalue weighted by Gasteiger charge is 2.31. The van der Waals surface area contributed by atoms with Crippen molar-refractivity contribution >= 4 is 28.5 Å². The van der Waals surface area contributed by atoms with Crippen LogP contribution in [-0.2, 0) is 24.2 Å². The molecule has 1 unspecified atom stereocenters. The van der Waals surface area contributed by atoms with Crippen molar-refractivity contribution in [3.05, 3.63) is 65.1 Å². The summed E-state index contributed by atoms with van der Waals surface area (Å²) < 4.78 is 75.7. The van der Waals surface area contributed by atoms with Gasteiger partial charge >= 0.3 is 0 Å². The second kappa shape index (κ2) is 9.43. The van der Waals surface area contributed by atoms with Gasteiger partial charge in [0, 0.05) is 31.1 Å². The number of nitrogens with one attached hydrogen (secondary N) is 1. The van der Waals surface area contributed by atoms with Crippen LogP contribution < -0.4 is 14.4 Å². The Morgan fingerprint density at radius 3 is 2.74 bits per heavy atom. The lowest BCUT2D eigenvalue weighted by Gasteiger charge is -2.30. The molecule has 1 amide bonds. The van der Waals surface area contributed by atoms with Gasteiger partial charge in [-0.2, -0.15) is 0 Å². The highest BCUT2D eigenvalue weighted by molar-refractivity contribution is 7.81. The minimum absolute atomic E-state index is 0.127. The van der Waals surface area contributed by atoms with Crippen molar-refractivity contribution in [1.29, 1.82) is 0 Å². The number of anilines is 2. The predicted molar refractivity (Wildman–Crippen MR) is 115 cm³/mol. The van der Waals surface area contributed by atoms with Crippen molar-refractivity contribution in [1.82, 2.24) is 19.9 Å². The number of rotatable bonds is 6. The molecule has 2 aromatic heterocycles. The van der Waals surface area contributed by atoms with E-state index in [1.54, 1.807) is 4.57 Å². The van der Waals surface area contributed by atoms with Gasteiger partial charge in [-0.05, 0) is 25.0 Å². The number of halogens is 3. The van der Waals surface area contributed by atoms with Gasteiger partial charge in [0.1, 0.15) is 23.0 Å². The van der Waals surface area contributed by atoms with Gasteiger partial charge in [0.2, 0.25) is 5.88 Å². The quantitative estimate of drug-likeness (QED) is 0.528. The number of carbonyl (C=O) groups is 1. The normalized spacial score (nSPS) is 16.0. The Balaban J connectivity index is 1.77. The van der Waals surface area contributed by atoms with Crippen LogP contribution >= 0.6 is 0 Å². The van der Waals surface area contributed by atoms with Crippen molar-refractivity contribution in [2.75, 3.05) is 18.5 Å². The van der Waals surface area contributed by atoms with E-state index in [2.05, 4.69) is 15.3 Å². The number of pyridine rings is 1. The smallest absolute Gasteiger partial charge is 0.271 e. The molecular formula is C21H19F3N5O4S-. The Kier molecular flexibility index (Phi) is 6.57. The lowest BCUT2D eigenvalue weighted by atomic mass is 9.89. The number of nitrogens with zero attached hydrogens (tertiary/aromatic N) is 4. The van der Waals surface area contributed by atoms with Crippen molar-refractivity contribution in [2.45, 2.75) is 25.3 Å². The summed E-state index contributed by atoms with van der Waals surface area (Å²) in [5.74, 6) is -4.15. The van der Waals surface area contributed by atoms with Gasteiger partial charge in [0.25, 0.3) is 5.91 Å². The summed E-state index contributed by atoms with van der Waals surface area (Å²) in [6.07, 6.45) is 2.86. The lowest BCUT2D eigenvalue weighted by Crippen LogP contribution is -2.26. The van der Waals surface area contributed by atoms with Crippen molar-refractivity contribution < 1.29 is 31.5 Å². The number of benzene rings is 1. The van der Waals surface area contributed by atoms with Gasteiger partial charge in [0.15, 0.2) is 5.82 Å². The molecule has 1 N–H and O–H groups in total. The van der Waals surface area contributed by atoms with E-state index in [1.165, 1.54) is 20.5 Å². The molecule has 3 aromatic rings. The molecule has 180 valence electrons. The maximum absolute atomic E-state index is 15.7. The highest BCUT2D eigenvalue weighted by atomic mass is 32.2. The molecule has 9 nitrogen and oxygen atoms in total. The SMILES string of the molecule is CNC(=O)c1ncn2c1CC[C@@H](c1c(F)ccc(N(c3cc(F)cnc3OC)S(=O)[O-])c1F)C2. The molecule has 1 aliphatic heterocycles. The average Bonchev–Trinajstić information content (AvgIpc) is 3.23. The molecule has 0 aliphatic carbocycles. The first-order valence-corrected chi connectivity index (χ1v) is 11.1. The van der Waals surface area contributed by atoms with E-state index in [9.17, 15) is 22.3 Å². The van der Waals surface area contributed by atoms with Crippen molar-refractivity contribution in [2.24, 2.45) is 0 Å². The van der Waals surface area contributed by atoms with Crippen LogP contribution in [0.3, 0.4) is 0 Å². The van der Waals surface area contributed by atoms with Crippen molar-refractivity contribution in [3.8, 4) is 5.88 Å². The van der Waals surface area contributed by atoms with E-state index in [1.807, 2.05) is 0 Å². The van der Waals surface area contributed by atoms with Crippen LogP contribution in [0.25, 0.3) is 0 Å². The molecule has 0 saturated heterocycles. The monoisotopic (exact) mass is 494 g/mol. The van der Waals surface area contributed by atoms with Crippen LogP contribution in [-0.4, -0.2) is 43.4 Å². The first kappa shape index (κ1) is 23.7. The molecule has 1 aliphatic rings. The van der Waals surface area contributed by atoms with Crippen LogP contribution in [0.1, 0.15) is 34.1 Å². The number of hydrogen-bond donors (Lipinski definition) is 1. The summed E-state index contributed by atoms with van der Waals surface area (Å²) >= 11 is -3.12. The Morgan fingerprint density at radius 2 is 2.06 bits per heavy atom. The lowest BCUT2D eigenvalue weighted by molar-refractivity contribution is 0.0957. The number of amides is 1. The molecule has 0 spiro atoms. The van der Waals surface area contributed by atoms with Gasteiger partial charge in [-0.3, -0.25) is 13.3 Å². The predicted octanol–water partition coefficient (Wildman–Crippen LogP) is 2.73. The standard InChI is InChI=1S/C21H20F3N5O4S/c1-25-20(30)19-15-5-3-11(9-28(15)10-27-19)17-13(23)4-6-14(18(17)24)29(34(31)32)16-7-12(22)8-26-21(16)33-2/h4,6-8,10-11H,3,5,9H2,1-2H3,(H,25,30)(H,31,32)/p-1/t11-/m1/s1. The van der Waals surface area contributed by atoms with Gasteiger partial charge < -0.3 is 19.2 Å². The summed E-state index contributed by atoms with van der Waals surface area (Å²) in [6, 6.07) is 2.72. The van der Waals surface area contributed by atoms with E-state index < -0.39 is 40.3 Å². The van der Waals surface area contributed by atoms with Gasteiger partial charge in [-0.15, -0.1) is 0 Å². The van der Waals surface area contributed by atoms with Gasteiger partial charge in [-0.25, -0.2) is 23.1 Å². The van der Waals surface area contributed by atoms with Crippen LogP contribution in [0, 0.1) is 17.5 Å². The Hall–Kier alpha value is -3.45. The maximum atomic E-state index is 15.7. The number of aromatic nitrogens is 3. The van der Waals surface area contributed by atoms with Gasteiger partial charge in [0.05, 0.1) is 42.3 Å². The van der Waals surface area contributed by atoms with E-state index in [4.69, 9.17) is 4.74 Å². The fourth-order valence-electron chi connectivity index (χ4n) is 4.11. The number of fused-ring (bicyclic) bond motifs is 1. The second-order valence-corrected chi connectivity index (χ2v) is 8.29. The zero-order valence-corrected chi connectivity index (χ0v) is 18.9. The zero-order valence-electron chi connectivity index (χ0n) is 18.0. The van der Waals surface area contributed by atoms with Crippen LogP contribution in [0.4, 0.5) is 24.5 Å². The maximum Gasteiger partial charge on any atom is 0.271 e. The first-order valence-electron chi connectivity index (χ1n) is 10.1. The molecule has 1 aromatic carbocycles. The summed E-state index contributed by atoms with van der Waals surface area (Å²) in [5.41, 5.74) is -0.321. The van der Waals surface area contributed by atoms with Crippen molar-refractivity contribution in [3.63, 3.8) is 0 Å². The Labute approximate surface area is 195 Å². The molecule has 13 heteroatoms. The van der Waals surface area contributed by atoms with E-state index in [0.717, 1.165) is 24.4 Å². The molecule has 0 radical (unpaired) electrons. The van der Waals surface area contributed by atoms with E-state index in [-0.39, 0.29) is 41.7 Å². The molecule has 2 atom stereocenters. The topological polar surface area (TPSA) is 112 Å². The Morgan fingerprint density at radius 1 is 1.29 bits per heavy atom. The summed E-state index contributed by atoms with van der Waals surface area (Å²) in [4.78, 5) is 19.8. The average molecular weight is 494 g/mol. The summed E-state index contributed by atoms with van der Waals surface area (Å²) in [5, 5.41) is 2.50. The third-order valence-electron chi connectivity index (χ3n) is 5.63. The number of carbonyl (C=O) groups excluding carboxylic acids is 1. The molecule has 0 saturated carbocycles. The third-order valence-corrected chi connectivity index (χ3v) is 6.32.